The summed E-state index contributed by atoms with van der Waals surface area (Å²) >= 11 is 5.71. The normalized spacial score (nSPS) is 12.5. The molecule has 0 radical (unpaired) electrons. The first-order chi connectivity index (χ1) is 14.7. The molecule has 0 saturated heterocycles. The van der Waals surface area contributed by atoms with E-state index in [0.29, 0.717) is 0 Å². The number of nitrogens with one attached hydrogen (secondary N) is 2. The summed E-state index contributed by atoms with van der Waals surface area (Å²) in [4.78, 5) is 58.0. The van der Waals surface area contributed by atoms with Gasteiger partial charge in [0.05, 0.1) is 21.0 Å². The number of carbonyl (C=O) groups is 3. The van der Waals surface area contributed by atoms with Crippen molar-refractivity contribution < 1.29 is 24.2 Å². The summed E-state index contributed by atoms with van der Waals surface area (Å²) in [6.07, 6.45) is 0.224. The predicted octanol–water partition coefficient (Wildman–Crippen LogP) is 2.96. The maximum absolute atomic E-state index is 12.4. The fourth-order valence-electron chi connectivity index (χ4n) is 2.94. The van der Waals surface area contributed by atoms with Gasteiger partial charge in [-0.1, -0.05) is 11.6 Å². The summed E-state index contributed by atoms with van der Waals surface area (Å²) in [6.45, 7) is 0.0852. The van der Waals surface area contributed by atoms with Gasteiger partial charge in [-0.05, 0) is 24.6 Å². The molecule has 1 aliphatic heterocycles. The monoisotopic (exact) mass is 447 g/mol. The molecule has 0 bridgehead atoms. The second-order valence-electron chi connectivity index (χ2n) is 6.41. The molecule has 4 amide bonds. The Morgan fingerprint density at radius 3 is 2.39 bits per heavy atom. The molecule has 12 nitrogen and oxygen atoms in total. The Bertz CT molecular complexity index is 1120. The third-order valence-corrected chi connectivity index (χ3v) is 4.73. The Balaban J connectivity index is 1.52. The van der Waals surface area contributed by atoms with Crippen LogP contribution in [0.5, 0.6) is 0 Å². The zero-order valence-electron chi connectivity index (χ0n) is 15.7. The topological polar surface area (TPSA) is 165 Å². The van der Waals surface area contributed by atoms with E-state index >= 15 is 0 Å². The van der Waals surface area contributed by atoms with Gasteiger partial charge >= 0.3 is 6.03 Å². The highest BCUT2D eigenvalue weighted by atomic mass is 35.5. The summed E-state index contributed by atoms with van der Waals surface area (Å²) in [6, 6.07) is 6.60. The number of benzene rings is 2. The number of hydrogen-bond acceptors (Lipinski definition) is 7. The minimum absolute atomic E-state index is 0.00710. The number of nitrogens with zero attached hydrogens (tertiary/aromatic N) is 3. The molecule has 1 aliphatic rings. The van der Waals surface area contributed by atoms with E-state index in [1.807, 2.05) is 0 Å². The van der Waals surface area contributed by atoms with Gasteiger partial charge in [-0.2, -0.15) is 0 Å². The van der Waals surface area contributed by atoms with E-state index in [9.17, 15) is 34.6 Å². The van der Waals surface area contributed by atoms with Crippen LogP contribution in [0.3, 0.4) is 0 Å². The highest BCUT2D eigenvalue weighted by molar-refractivity contribution is 6.32. The van der Waals surface area contributed by atoms with Crippen molar-refractivity contribution in [1.29, 1.82) is 0 Å². The Labute approximate surface area is 179 Å². The SMILES string of the molecule is O=C(NCCCN1C(=O)c2ccc([N+](=O)[O-])cc2C1=O)Nc1ccc(Cl)c([N+](=O)[O-])c1. The number of non-ortho nitro benzene ring substituents is 1. The molecular weight excluding hydrogens is 434 g/mol. The van der Waals surface area contributed by atoms with E-state index in [4.69, 9.17) is 11.6 Å². The Hall–Kier alpha value is -4.06. The molecule has 1 heterocycles. The van der Waals surface area contributed by atoms with E-state index in [1.54, 1.807) is 0 Å². The summed E-state index contributed by atoms with van der Waals surface area (Å²) in [5.74, 6) is -1.20. The molecule has 0 spiro atoms. The zero-order valence-corrected chi connectivity index (χ0v) is 16.4. The molecule has 0 unspecified atom stereocenters. The van der Waals surface area contributed by atoms with Crippen molar-refractivity contribution in [3.8, 4) is 0 Å². The van der Waals surface area contributed by atoms with Crippen molar-refractivity contribution in [3.05, 3.63) is 72.8 Å². The van der Waals surface area contributed by atoms with Gasteiger partial charge in [0.1, 0.15) is 5.02 Å². The van der Waals surface area contributed by atoms with Gasteiger partial charge in [0.2, 0.25) is 0 Å². The molecule has 0 saturated carbocycles. The zero-order chi connectivity index (χ0) is 22.7. The standard InChI is InChI=1S/C18H14ClN5O7/c19-14-5-2-10(8-15(14)24(30)31)21-18(27)20-6-1-7-22-16(25)12-4-3-11(23(28)29)9-13(12)17(22)26/h2-5,8-9H,1,6-7H2,(H2,20,21,27). The van der Waals surface area contributed by atoms with Crippen LogP contribution >= 0.6 is 11.6 Å². The van der Waals surface area contributed by atoms with Crippen LogP contribution in [0.15, 0.2) is 36.4 Å². The number of amides is 4. The van der Waals surface area contributed by atoms with Gasteiger partial charge < -0.3 is 10.6 Å². The molecule has 2 N–H and O–H groups in total. The highest BCUT2D eigenvalue weighted by Crippen LogP contribution is 2.28. The Morgan fingerprint density at radius 2 is 1.71 bits per heavy atom. The van der Waals surface area contributed by atoms with Crippen LogP contribution in [0, 0.1) is 20.2 Å². The lowest BCUT2D eigenvalue weighted by Gasteiger charge is -2.14. The molecule has 13 heteroatoms. The second-order valence-corrected chi connectivity index (χ2v) is 6.81. The quantitative estimate of drug-likeness (QED) is 0.285. The van der Waals surface area contributed by atoms with Crippen LogP contribution in [0.2, 0.25) is 5.02 Å². The Kier molecular flexibility index (Phi) is 6.11. The third kappa shape index (κ3) is 4.59. The molecule has 0 aliphatic carbocycles. The fraction of sp³-hybridized carbons (Fsp3) is 0.167. The minimum atomic E-state index is -0.678. The first kappa shape index (κ1) is 21.6. The van der Waals surface area contributed by atoms with Gasteiger partial charge in [-0.15, -0.1) is 0 Å². The number of nitro groups is 2. The lowest BCUT2D eigenvalue weighted by molar-refractivity contribution is -0.385. The molecule has 0 aromatic heterocycles. The van der Waals surface area contributed by atoms with Gasteiger partial charge in [0, 0.05) is 37.0 Å². The first-order valence-corrected chi connectivity index (χ1v) is 9.20. The number of imide groups is 1. The lowest BCUT2D eigenvalue weighted by atomic mass is 10.1. The van der Waals surface area contributed by atoms with Gasteiger partial charge in [0.15, 0.2) is 0 Å². The van der Waals surface area contributed by atoms with E-state index in [1.165, 1.54) is 18.2 Å². The van der Waals surface area contributed by atoms with Gasteiger partial charge in [-0.25, -0.2) is 4.79 Å². The van der Waals surface area contributed by atoms with Crippen LogP contribution in [0.25, 0.3) is 0 Å². The number of halogens is 1. The summed E-state index contributed by atoms with van der Waals surface area (Å²) in [5, 5.41) is 26.6. The number of hydrogen-bond donors (Lipinski definition) is 2. The summed E-state index contributed by atoms with van der Waals surface area (Å²) in [5.41, 5.74) is -0.428. The van der Waals surface area contributed by atoms with E-state index in [-0.39, 0.29) is 52.7 Å². The van der Waals surface area contributed by atoms with Crippen LogP contribution in [-0.4, -0.2) is 45.7 Å². The molecule has 2 aromatic rings. The summed E-state index contributed by atoms with van der Waals surface area (Å²) < 4.78 is 0. The van der Waals surface area contributed by atoms with Crippen molar-refractivity contribution in [3.63, 3.8) is 0 Å². The first-order valence-electron chi connectivity index (χ1n) is 8.82. The van der Waals surface area contributed by atoms with Crippen molar-refractivity contribution in [2.24, 2.45) is 0 Å². The molecule has 0 fully saturated rings. The van der Waals surface area contributed by atoms with Crippen LogP contribution < -0.4 is 10.6 Å². The van der Waals surface area contributed by atoms with Crippen LogP contribution in [-0.2, 0) is 0 Å². The molecule has 0 atom stereocenters. The maximum Gasteiger partial charge on any atom is 0.319 e. The van der Waals surface area contributed by atoms with E-state index in [0.717, 1.165) is 23.1 Å². The Morgan fingerprint density at radius 1 is 1.00 bits per heavy atom. The maximum atomic E-state index is 12.4. The van der Waals surface area contributed by atoms with Gasteiger partial charge in [0.25, 0.3) is 23.2 Å². The fourth-order valence-corrected chi connectivity index (χ4v) is 3.13. The second kappa shape index (κ2) is 8.75. The third-order valence-electron chi connectivity index (χ3n) is 4.41. The largest absolute Gasteiger partial charge is 0.338 e. The minimum Gasteiger partial charge on any atom is -0.338 e. The number of nitro benzene ring substituents is 2. The number of fused-ring (bicyclic) bond motifs is 1. The average Bonchev–Trinajstić information content (AvgIpc) is 2.96. The molecular formula is C18H14ClN5O7. The smallest absolute Gasteiger partial charge is 0.319 e. The number of anilines is 1. The van der Waals surface area contributed by atoms with Crippen LogP contribution in [0.4, 0.5) is 21.9 Å². The van der Waals surface area contributed by atoms with Crippen molar-refractivity contribution >= 4 is 46.5 Å². The number of urea groups is 1. The highest BCUT2D eigenvalue weighted by Gasteiger charge is 2.36. The molecule has 3 rings (SSSR count). The van der Waals surface area contributed by atoms with Crippen molar-refractivity contribution in [2.45, 2.75) is 6.42 Å². The number of carbonyl (C=O) groups excluding carboxylic acids is 3. The van der Waals surface area contributed by atoms with Gasteiger partial charge in [-0.3, -0.25) is 34.7 Å². The van der Waals surface area contributed by atoms with Crippen molar-refractivity contribution in [2.75, 3.05) is 18.4 Å². The average molecular weight is 448 g/mol. The number of rotatable bonds is 7. The van der Waals surface area contributed by atoms with Crippen LogP contribution in [0.1, 0.15) is 27.1 Å². The predicted molar refractivity (Wildman–Crippen MR) is 108 cm³/mol. The molecule has 160 valence electrons. The molecule has 31 heavy (non-hydrogen) atoms. The lowest BCUT2D eigenvalue weighted by Crippen LogP contribution is -2.35. The van der Waals surface area contributed by atoms with E-state index < -0.39 is 27.7 Å². The summed E-state index contributed by atoms with van der Waals surface area (Å²) in [7, 11) is 0. The molecule has 2 aromatic carbocycles. The van der Waals surface area contributed by atoms with Crippen molar-refractivity contribution in [1.82, 2.24) is 10.2 Å². The van der Waals surface area contributed by atoms with E-state index in [2.05, 4.69) is 10.6 Å².